The second kappa shape index (κ2) is 4.49. The summed E-state index contributed by atoms with van der Waals surface area (Å²) in [5, 5.41) is 0. The van der Waals surface area contributed by atoms with E-state index in [0.717, 1.165) is 18.6 Å². The lowest BCUT2D eigenvalue weighted by Gasteiger charge is -2.20. The van der Waals surface area contributed by atoms with Crippen LogP contribution in [0.2, 0.25) is 0 Å². The molecule has 2 N–H and O–H groups in total. The molecule has 0 saturated heterocycles. The zero-order valence-electron chi connectivity index (χ0n) is 10.4. The first-order valence-electron chi connectivity index (χ1n) is 6.04. The summed E-state index contributed by atoms with van der Waals surface area (Å²) < 4.78 is 5.64. The Morgan fingerprint density at radius 3 is 2.41 bits per heavy atom. The van der Waals surface area contributed by atoms with Crippen LogP contribution in [0.3, 0.4) is 0 Å². The standard InChI is InChI=1S/C14H19NO2/c1-14(2,9-15)13(16)10-3-5-11(6-4-10)17-12-7-8-12/h3-6,12H,7-9,15H2,1-2H3. The Balaban J connectivity index is 2.08. The molecule has 1 aromatic carbocycles. The number of hydrogen-bond acceptors (Lipinski definition) is 3. The van der Waals surface area contributed by atoms with Gasteiger partial charge in [0.2, 0.25) is 0 Å². The van der Waals surface area contributed by atoms with Crippen LogP contribution in [0, 0.1) is 5.41 Å². The molecule has 0 unspecified atom stereocenters. The summed E-state index contributed by atoms with van der Waals surface area (Å²) in [6, 6.07) is 7.35. The fourth-order valence-corrected chi connectivity index (χ4v) is 1.55. The van der Waals surface area contributed by atoms with Crippen LogP contribution in [0.15, 0.2) is 24.3 Å². The molecule has 17 heavy (non-hydrogen) atoms. The van der Waals surface area contributed by atoms with Gasteiger partial charge in [-0.15, -0.1) is 0 Å². The molecule has 1 aromatic rings. The van der Waals surface area contributed by atoms with Gasteiger partial charge in [0.05, 0.1) is 6.10 Å². The minimum absolute atomic E-state index is 0.0815. The van der Waals surface area contributed by atoms with Crippen LogP contribution in [0.4, 0.5) is 0 Å². The molecule has 0 atom stereocenters. The SMILES string of the molecule is CC(C)(CN)C(=O)c1ccc(OC2CC2)cc1. The summed E-state index contributed by atoms with van der Waals surface area (Å²) in [5.74, 6) is 0.924. The van der Waals surface area contributed by atoms with Crippen LogP contribution in [-0.4, -0.2) is 18.4 Å². The molecule has 1 saturated carbocycles. The maximum absolute atomic E-state index is 12.1. The fourth-order valence-electron chi connectivity index (χ4n) is 1.55. The topological polar surface area (TPSA) is 52.3 Å². The number of benzene rings is 1. The van der Waals surface area contributed by atoms with Crippen molar-refractivity contribution in [2.45, 2.75) is 32.8 Å². The molecule has 0 aromatic heterocycles. The molecule has 0 bridgehead atoms. The van der Waals surface area contributed by atoms with Crippen molar-refractivity contribution in [1.29, 1.82) is 0 Å². The van der Waals surface area contributed by atoms with E-state index in [0.29, 0.717) is 18.2 Å². The molecular formula is C14H19NO2. The maximum atomic E-state index is 12.1. The van der Waals surface area contributed by atoms with Crippen molar-refractivity contribution in [2.75, 3.05) is 6.54 Å². The summed E-state index contributed by atoms with van der Waals surface area (Å²) in [7, 11) is 0. The second-order valence-corrected chi connectivity index (χ2v) is 5.26. The van der Waals surface area contributed by atoms with Crippen LogP contribution in [0.25, 0.3) is 0 Å². The molecule has 0 spiro atoms. The lowest BCUT2D eigenvalue weighted by molar-refractivity contribution is 0.0847. The van der Waals surface area contributed by atoms with Gasteiger partial charge in [0.1, 0.15) is 5.75 Å². The average molecular weight is 233 g/mol. The summed E-state index contributed by atoms with van der Waals surface area (Å²) in [4.78, 5) is 12.1. The monoisotopic (exact) mass is 233 g/mol. The average Bonchev–Trinajstić information content (AvgIpc) is 3.13. The van der Waals surface area contributed by atoms with E-state index >= 15 is 0 Å². The van der Waals surface area contributed by atoms with Crippen molar-refractivity contribution in [3.63, 3.8) is 0 Å². The second-order valence-electron chi connectivity index (χ2n) is 5.26. The zero-order chi connectivity index (χ0) is 12.5. The van der Waals surface area contributed by atoms with Gasteiger partial charge in [-0.25, -0.2) is 0 Å². The minimum Gasteiger partial charge on any atom is -0.490 e. The zero-order valence-corrected chi connectivity index (χ0v) is 10.4. The van der Waals surface area contributed by atoms with Crippen molar-refractivity contribution in [3.05, 3.63) is 29.8 Å². The maximum Gasteiger partial charge on any atom is 0.169 e. The van der Waals surface area contributed by atoms with Crippen LogP contribution in [0.5, 0.6) is 5.75 Å². The molecule has 3 nitrogen and oxygen atoms in total. The number of hydrogen-bond donors (Lipinski definition) is 1. The minimum atomic E-state index is -0.501. The molecular weight excluding hydrogens is 214 g/mol. The molecule has 1 fully saturated rings. The molecule has 2 rings (SSSR count). The first-order valence-corrected chi connectivity index (χ1v) is 6.04. The quantitative estimate of drug-likeness (QED) is 0.794. The molecule has 3 heteroatoms. The normalized spacial score (nSPS) is 15.7. The highest BCUT2D eigenvalue weighted by molar-refractivity contribution is 6.00. The van der Waals surface area contributed by atoms with E-state index in [1.807, 2.05) is 38.1 Å². The molecule has 0 aliphatic heterocycles. The van der Waals surface area contributed by atoms with Gasteiger partial charge in [-0.2, -0.15) is 0 Å². The van der Waals surface area contributed by atoms with Crippen LogP contribution in [0.1, 0.15) is 37.0 Å². The predicted molar refractivity (Wildman–Crippen MR) is 67.3 cm³/mol. The first-order chi connectivity index (χ1) is 8.03. The summed E-state index contributed by atoms with van der Waals surface area (Å²) >= 11 is 0. The summed E-state index contributed by atoms with van der Waals surface area (Å²) in [5.41, 5.74) is 5.80. The van der Waals surface area contributed by atoms with E-state index in [4.69, 9.17) is 10.5 Å². The largest absolute Gasteiger partial charge is 0.490 e. The van der Waals surface area contributed by atoms with Gasteiger partial charge in [-0.1, -0.05) is 13.8 Å². The van der Waals surface area contributed by atoms with E-state index in [1.54, 1.807) is 0 Å². The lowest BCUT2D eigenvalue weighted by atomic mass is 9.84. The number of carbonyl (C=O) groups excluding carboxylic acids is 1. The molecule has 1 aliphatic rings. The van der Waals surface area contributed by atoms with Crippen molar-refractivity contribution >= 4 is 5.78 Å². The number of carbonyl (C=O) groups is 1. The van der Waals surface area contributed by atoms with Crippen LogP contribution >= 0.6 is 0 Å². The van der Waals surface area contributed by atoms with Gasteiger partial charge in [0.25, 0.3) is 0 Å². The molecule has 0 radical (unpaired) electrons. The van der Waals surface area contributed by atoms with Crippen LogP contribution in [-0.2, 0) is 0 Å². The van der Waals surface area contributed by atoms with Crippen molar-refractivity contribution < 1.29 is 9.53 Å². The number of Topliss-reactive ketones (excluding diaryl/α,β-unsaturated/α-hetero) is 1. The number of rotatable bonds is 5. The lowest BCUT2D eigenvalue weighted by Crippen LogP contribution is -2.32. The Kier molecular flexibility index (Phi) is 3.20. The Bertz CT molecular complexity index is 405. The number of nitrogens with two attached hydrogens (primary N) is 1. The van der Waals surface area contributed by atoms with Gasteiger partial charge in [-0.3, -0.25) is 4.79 Å². The summed E-state index contributed by atoms with van der Waals surface area (Å²) in [6.45, 7) is 4.08. The van der Waals surface area contributed by atoms with E-state index in [9.17, 15) is 4.79 Å². The third kappa shape index (κ3) is 2.86. The Morgan fingerprint density at radius 1 is 1.35 bits per heavy atom. The molecule has 1 aliphatic carbocycles. The highest BCUT2D eigenvalue weighted by Gasteiger charge is 2.27. The van der Waals surface area contributed by atoms with Crippen LogP contribution < -0.4 is 10.5 Å². The van der Waals surface area contributed by atoms with Crippen molar-refractivity contribution in [3.8, 4) is 5.75 Å². The third-order valence-corrected chi connectivity index (χ3v) is 3.07. The smallest absolute Gasteiger partial charge is 0.169 e. The van der Waals surface area contributed by atoms with Gasteiger partial charge >= 0.3 is 0 Å². The van der Waals surface area contributed by atoms with E-state index in [2.05, 4.69) is 0 Å². The van der Waals surface area contributed by atoms with E-state index < -0.39 is 5.41 Å². The Hall–Kier alpha value is -1.35. The molecule has 0 amide bonds. The van der Waals surface area contributed by atoms with E-state index in [1.165, 1.54) is 0 Å². The number of ketones is 1. The first kappa shape index (κ1) is 12.1. The molecule has 92 valence electrons. The van der Waals surface area contributed by atoms with Gasteiger partial charge in [0.15, 0.2) is 5.78 Å². The van der Waals surface area contributed by atoms with Gasteiger partial charge in [-0.05, 0) is 37.1 Å². The highest BCUT2D eigenvalue weighted by Crippen LogP contribution is 2.27. The number of ether oxygens (including phenoxy) is 1. The van der Waals surface area contributed by atoms with Crippen molar-refractivity contribution in [1.82, 2.24) is 0 Å². The summed E-state index contributed by atoms with van der Waals surface area (Å²) in [6.07, 6.45) is 2.67. The van der Waals surface area contributed by atoms with Gasteiger partial charge < -0.3 is 10.5 Å². The fraction of sp³-hybridized carbons (Fsp3) is 0.500. The Morgan fingerprint density at radius 2 is 1.94 bits per heavy atom. The van der Waals surface area contributed by atoms with E-state index in [-0.39, 0.29) is 5.78 Å². The van der Waals surface area contributed by atoms with Crippen molar-refractivity contribution in [2.24, 2.45) is 11.1 Å². The van der Waals surface area contributed by atoms with Gasteiger partial charge in [0, 0.05) is 17.5 Å². The highest BCUT2D eigenvalue weighted by atomic mass is 16.5. The third-order valence-electron chi connectivity index (χ3n) is 3.07. The Labute approximate surface area is 102 Å². The predicted octanol–water partition coefficient (Wildman–Crippen LogP) is 2.40. The molecule has 0 heterocycles.